The Balaban J connectivity index is 2.08. The highest BCUT2D eigenvalue weighted by Gasteiger charge is 2.37. The summed E-state index contributed by atoms with van der Waals surface area (Å²) in [5.41, 5.74) is 2.25. The molecule has 2 atom stereocenters. The highest BCUT2D eigenvalue weighted by molar-refractivity contribution is 5.85. The molecular weight excluding hydrogens is 268 g/mol. The molecule has 0 saturated carbocycles. The molecular formula is C16H26N2O3. The Labute approximate surface area is 126 Å². The van der Waals surface area contributed by atoms with Crippen molar-refractivity contribution in [1.82, 2.24) is 4.90 Å². The quantitative estimate of drug-likeness (QED) is 0.668. The summed E-state index contributed by atoms with van der Waals surface area (Å²) in [5, 5.41) is 11.4. The van der Waals surface area contributed by atoms with Crippen LogP contribution in [-0.4, -0.2) is 49.5 Å². The molecule has 5 nitrogen and oxygen atoms in total. The first-order valence-corrected chi connectivity index (χ1v) is 7.92. The van der Waals surface area contributed by atoms with Gasteiger partial charge in [0.25, 0.3) is 0 Å². The summed E-state index contributed by atoms with van der Waals surface area (Å²) in [6, 6.07) is 0. The van der Waals surface area contributed by atoms with E-state index in [4.69, 9.17) is 0 Å². The number of allylic oxidation sites excluding steroid dienone is 2. The first-order valence-electron chi connectivity index (χ1n) is 7.92. The van der Waals surface area contributed by atoms with Crippen LogP contribution in [0.3, 0.4) is 0 Å². The predicted octanol–water partition coefficient (Wildman–Crippen LogP) is -1.15. The van der Waals surface area contributed by atoms with Gasteiger partial charge in [0.2, 0.25) is 5.91 Å². The topological polar surface area (TPSA) is 64.9 Å². The molecule has 1 heterocycles. The number of amides is 1. The number of likely N-dealkylation sites (N-methyl/N-ethyl adjacent to an activating group) is 1. The molecule has 1 fully saturated rings. The van der Waals surface area contributed by atoms with Gasteiger partial charge >= 0.3 is 0 Å². The summed E-state index contributed by atoms with van der Waals surface area (Å²) >= 11 is 0. The van der Waals surface area contributed by atoms with Gasteiger partial charge in [0.15, 0.2) is 0 Å². The fourth-order valence-corrected chi connectivity index (χ4v) is 3.43. The summed E-state index contributed by atoms with van der Waals surface area (Å²) in [4.78, 5) is 27.5. The molecule has 1 aliphatic heterocycles. The molecule has 1 saturated heterocycles. The highest BCUT2D eigenvalue weighted by Crippen LogP contribution is 2.35. The van der Waals surface area contributed by atoms with E-state index in [2.05, 4.69) is 6.92 Å². The number of rotatable bonds is 3. The van der Waals surface area contributed by atoms with E-state index >= 15 is 0 Å². The van der Waals surface area contributed by atoms with Gasteiger partial charge in [-0.25, -0.2) is 0 Å². The minimum Gasteiger partial charge on any atom is -0.550 e. The molecule has 0 bridgehead atoms. The number of aliphatic carboxylic acids is 1. The summed E-state index contributed by atoms with van der Waals surface area (Å²) in [6.45, 7) is 10.6. The maximum atomic E-state index is 12.7. The average Bonchev–Trinajstić information content (AvgIpc) is 2.48. The number of hydrogen-bond donors (Lipinski definition) is 1. The molecule has 0 radical (unpaired) electrons. The average molecular weight is 294 g/mol. The van der Waals surface area contributed by atoms with Crippen LogP contribution in [0.1, 0.15) is 33.6 Å². The molecule has 2 rings (SSSR count). The molecule has 118 valence electrons. The number of carboxylic acids is 1. The van der Waals surface area contributed by atoms with E-state index < -0.39 is 17.8 Å². The molecule has 0 unspecified atom stereocenters. The van der Waals surface area contributed by atoms with Crippen LogP contribution in [0.25, 0.3) is 0 Å². The Morgan fingerprint density at radius 3 is 2.14 bits per heavy atom. The fraction of sp³-hybridized carbons (Fsp3) is 0.750. The first kappa shape index (κ1) is 16.0. The summed E-state index contributed by atoms with van der Waals surface area (Å²) in [6.07, 6.45) is 1.01. The smallest absolute Gasteiger partial charge is 0.227 e. The van der Waals surface area contributed by atoms with Crippen molar-refractivity contribution in [2.24, 2.45) is 11.8 Å². The minimum absolute atomic E-state index is 0.00574. The van der Waals surface area contributed by atoms with Crippen LogP contribution in [-0.2, 0) is 9.59 Å². The summed E-state index contributed by atoms with van der Waals surface area (Å²) < 4.78 is 0. The van der Waals surface area contributed by atoms with Gasteiger partial charge in [-0.15, -0.1) is 0 Å². The van der Waals surface area contributed by atoms with Crippen LogP contribution in [0.5, 0.6) is 0 Å². The number of carbonyl (C=O) groups excluding carboxylic acids is 2. The first-order chi connectivity index (χ1) is 9.93. The van der Waals surface area contributed by atoms with Crippen LogP contribution in [0, 0.1) is 11.8 Å². The van der Waals surface area contributed by atoms with E-state index in [1.807, 2.05) is 18.7 Å². The van der Waals surface area contributed by atoms with Crippen molar-refractivity contribution in [1.29, 1.82) is 0 Å². The molecule has 1 N–H and O–H groups in total. The zero-order valence-electron chi connectivity index (χ0n) is 13.3. The van der Waals surface area contributed by atoms with Crippen molar-refractivity contribution >= 4 is 11.9 Å². The van der Waals surface area contributed by atoms with Gasteiger partial charge in [0, 0.05) is 11.9 Å². The number of hydrogen-bond acceptors (Lipinski definition) is 3. The second-order valence-electron chi connectivity index (χ2n) is 6.43. The van der Waals surface area contributed by atoms with Crippen LogP contribution < -0.4 is 10.0 Å². The maximum Gasteiger partial charge on any atom is 0.227 e. The Morgan fingerprint density at radius 2 is 1.67 bits per heavy atom. The summed E-state index contributed by atoms with van der Waals surface area (Å²) in [7, 11) is 0. The second-order valence-corrected chi connectivity index (χ2v) is 6.43. The Hall–Kier alpha value is -1.36. The molecule has 21 heavy (non-hydrogen) atoms. The van der Waals surface area contributed by atoms with Gasteiger partial charge in [0.1, 0.15) is 0 Å². The van der Waals surface area contributed by atoms with Gasteiger partial charge in [0.05, 0.1) is 38.6 Å². The molecule has 0 spiro atoms. The molecule has 0 aromatic heterocycles. The lowest BCUT2D eigenvalue weighted by atomic mass is 9.76. The van der Waals surface area contributed by atoms with E-state index in [1.54, 1.807) is 0 Å². The Kier molecular flexibility index (Phi) is 5.04. The van der Waals surface area contributed by atoms with Crippen LogP contribution in [0.2, 0.25) is 0 Å². The van der Waals surface area contributed by atoms with Gasteiger partial charge in [-0.2, -0.15) is 0 Å². The van der Waals surface area contributed by atoms with Crippen molar-refractivity contribution in [3.05, 3.63) is 11.1 Å². The minimum atomic E-state index is -1.09. The predicted molar refractivity (Wildman–Crippen MR) is 77.4 cm³/mol. The molecule has 2 aliphatic rings. The lowest BCUT2D eigenvalue weighted by Gasteiger charge is -2.38. The van der Waals surface area contributed by atoms with Gasteiger partial charge in [-0.3, -0.25) is 4.79 Å². The monoisotopic (exact) mass is 294 g/mol. The van der Waals surface area contributed by atoms with Crippen molar-refractivity contribution in [3.63, 3.8) is 0 Å². The molecule has 1 aliphatic carbocycles. The SMILES string of the molecule is CC[NH+]1CCN(C(=O)[C@H]2CC(C)=C(C)C[C@H]2C(=O)[O-])CC1. The second kappa shape index (κ2) is 6.60. The van der Waals surface area contributed by atoms with Crippen molar-refractivity contribution in [2.75, 3.05) is 32.7 Å². The third-order valence-electron chi connectivity index (χ3n) is 5.17. The van der Waals surface area contributed by atoms with E-state index in [0.717, 1.165) is 43.9 Å². The largest absolute Gasteiger partial charge is 0.550 e. The summed E-state index contributed by atoms with van der Waals surface area (Å²) in [5.74, 6) is -2.19. The lowest BCUT2D eigenvalue weighted by Crippen LogP contribution is -3.14. The normalized spacial score (nSPS) is 27.9. The third kappa shape index (κ3) is 3.46. The molecule has 0 aromatic carbocycles. The zero-order valence-corrected chi connectivity index (χ0v) is 13.3. The Bertz CT molecular complexity index is 450. The van der Waals surface area contributed by atoms with Crippen molar-refractivity contribution in [3.8, 4) is 0 Å². The number of nitrogens with zero attached hydrogens (tertiary/aromatic N) is 1. The zero-order chi connectivity index (χ0) is 15.6. The van der Waals surface area contributed by atoms with E-state index in [1.165, 1.54) is 4.90 Å². The number of piperazine rings is 1. The van der Waals surface area contributed by atoms with Crippen molar-refractivity contribution < 1.29 is 19.6 Å². The van der Waals surface area contributed by atoms with E-state index in [9.17, 15) is 14.7 Å². The van der Waals surface area contributed by atoms with Crippen molar-refractivity contribution in [2.45, 2.75) is 33.6 Å². The van der Waals surface area contributed by atoms with E-state index in [0.29, 0.717) is 12.8 Å². The van der Waals surface area contributed by atoms with E-state index in [-0.39, 0.29) is 5.91 Å². The van der Waals surface area contributed by atoms with Crippen LogP contribution in [0.15, 0.2) is 11.1 Å². The number of carboxylic acid groups (broad SMARTS) is 1. The number of carbonyl (C=O) groups is 2. The Morgan fingerprint density at radius 1 is 1.14 bits per heavy atom. The van der Waals surface area contributed by atoms with Gasteiger partial charge in [-0.05, 0) is 33.6 Å². The van der Waals surface area contributed by atoms with Crippen LogP contribution in [0.4, 0.5) is 0 Å². The van der Waals surface area contributed by atoms with Gasteiger partial charge in [-0.1, -0.05) is 11.1 Å². The molecule has 5 heteroatoms. The molecule has 1 amide bonds. The standard InChI is InChI=1S/C16H26N2O3/c1-4-17-5-7-18(8-6-17)15(19)13-9-11(2)12(3)10-14(13)16(20)21/h13-14H,4-10H2,1-3H3,(H,20,21)/t13-,14+/m0/s1. The third-order valence-corrected chi connectivity index (χ3v) is 5.17. The lowest BCUT2D eigenvalue weighted by molar-refractivity contribution is -0.902. The van der Waals surface area contributed by atoms with Crippen LogP contribution >= 0.6 is 0 Å². The fourth-order valence-electron chi connectivity index (χ4n) is 3.43. The number of quaternary nitrogens is 1. The van der Waals surface area contributed by atoms with Gasteiger partial charge < -0.3 is 19.7 Å². The maximum absolute atomic E-state index is 12.7. The number of nitrogens with one attached hydrogen (secondary N) is 1. The molecule has 0 aromatic rings. The highest BCUT2D eigenvalue weighted by atomic mass is 16.4.